The van der Waals surface area contributed by atoms with E-state index in [0.29, 0.717) is 123 Å². The summed E-state index contributed by atoms with van der Waals surface area (Å²) in [5.41, 5.74) is 3.25. The number of unbranched alkanes of at least 4 members (excludes halogenated alkanes) is 1. The lowest BCUT2D eigenvalue weighted by molar-refractivity contribution is -0.140. The number of hydrogen-bond donors (Lipinski definition) is 6. The molecule has 6 amide bonds. The summed E-state index contributed by atoms with van der Waals surface area (Å²) in [6, 6.07) is 12.2. The van der Waals surface area contributed by atoms with Crippen LogP contribution in [0.5, 0.6) is 0 Å². The number of carboxylic acids is 2. The molecule has 1 aromatic heterocycles. The van der Waals surface area contributed by atoms with Gasteiger partial charge < -0.3 is 50.8 Å². The Morgan fingerprint density at radius 1 is 0.844 bits per heavy atom. The zero-order valence-corrected chi connectivity index (χ0v) is 53.4. The van der Waals surface area contributed by atoms with E-state index in [1.54, 1.807) is 31.6 Å². The van der Waals surface area contributed by atoms with Crippen molar-refractivity contribution in [1.29, 1.82) is 5.26 Å². The van der Waals surface area contributed by atoms with Crippen LogP contribution in [-0.4, -0.2) is 217 Å². The highest BCUT2D eigenvalue weighted by Crippen LogP contribution is 2.34. The van der Waals surface area contributed by atoms with E-state index in [1.165, 1.54) is 0 Å². The van der Waals surface area contributed by atoms with Crippen LogP contribution in [0.3, 0.4) is 0 Å². The minimum absolute atomic E-state index is 0.0391. The molecule has 3 aromatic rings. The summed E-state index contributed by atoms with van der Waals surface area (Å²) in [4.78, 5) is 111. The van der Waals surface area contributed by atoms with Crippen molar-refractivity contribution < 1.29 is 66.8 Å². The number of carbonyl (C=O) groups is 8. The van der Waals surface area contributed by atoms with Gasteiger partial charge in [0, 0.05) is 95.1 Å². The van der Waals surface area contributed by atoms with E-state index in [1.807, 2.05) is 75.1 Å². The molecule has 0 aliphatic carbocycles. The summed E-state index contributed by atoms with van der Waals surface area (Å²) in [6.45, 7) is 10.5. The third kappa shape index (κ3) is 22.4. The Balaban J connectivity index is 0.839. The Labute approximate surface area is 532 Å². The molecule has 492 valence electrons. The summed E-state index contributed by atoms with van der Waals surface area (Å²) < 4.78 is 43.4. The fraction of sp³-hybridized carbons (Fsp3) is 0.629. The molecule has 6 N–H and O–H groups in total. The normalized spacial score (nSPS) is 19.4. The van der Waals surface area contributed by atoms with Gasteiger partial charge in [0.2, 0.25) is 35.4 Å². The summed E-state index contributed by atoms with van der Waals surface area (Å²) in [5.74, 6) is -8.46. The number of nitriles is 1. The maximum absolute atomic E-state index is 14.1. The van der Waals surface area contributed by atoms with Gasteiger partial charge in [0.05, 0.1) is 69.4 Å². The Morgan fingerprint density at radius 3 is 2.18 bits per heavy atom. The van der Waals surface area contributed by atoms with Gasteiger partial charge in [-0.15, -0.1) is 5.10 Å². The Hall–Kier alpha value is -7.03. The van der Waals surface area contributed by atoms with Gasteiger partial charge in [0.1, 0.15) is 23.8 Å². The van der Waals surface area contributed by atoms with Crippen molar-refractivity contribution in [2.24, 2.45) is 5.92 Å². The SMILES string of the molecule is CC(C)(CCNC(=O)C(CCCCNC(=O)CCCc1ccc(Br)cc1)NC(=O)CN1CCN(CC(=O)O)CCN(CC(=O)O)CC1)OCCC(C)(C)OCc1cn(Cc2cccc3c2CN(C(=O)C[C@@H]2C[C@@H](C(=O)N4CC(F)(F)C[C@H]4C#N)NC2=O)C3)nn1. The number of aromatic nitrogens is 3. The molecule has 3 fully saturated rings. The molecule has 0 radical (unpaired) electrons. The zero-order chi connectivity index (χ0) is 65.2. The largest absolute Gasteiger partial charge is 0.480 e. The second-order valence-corrected chi connectivity index (χ2v) is 26.0. The molecule has 0 spiro atoms. The highest BCUT2D eigenvalue weighted by atomic mass is 79.9. The molecule has 90 heavy (non-hydrogen) atoms. The first-order valence-corrected chi connectivity index (χ1v) is 31.6. The second kappa shape index (κ2) is 32.8. The van der Waals surface area contributed by atoms with Gasteiger partial charge in [-0.3, -0.25) is 53.1 Å². The lowest BCUT2D eigenvalue weighted by Crippen LogP contribution is -2.51. The molecule has 28 heteroatoms. The molecule has 4 atom stereocenters. The number of hydrogen-bond acceptors (Lipinski definition) is 16. The molecule has 25 nitrogen and oxygen atoms in total. The highest BCUT2D eigenvalue weighted by molar-refractivity contribution is 9.10. The quantitative estimate of drug-likeness (QED) is 0.0488. The number of aliphatic carboxylic acids is 2. The smallest absolute Gasteiger partial charge is 0.317 e. The van der Waals surface area contributed by atoms with Crippen LogP contribution in [0.2, 0.25) is 0 Å². The van der Waals surface area contributed by atoms with Gasteiger partial charge in [-0.1, -0.05) is 51.5 Å². The fourth-order valence-corrected chi connectivity index (χ4v) is 11.8. The van der Waals surface area contributed by atoms with Crippen LogP contribution in [0, 0.1) is 17.2 Å². The topological polar surface area (TPSA) is 314 Å². The first-order valence-electron chi connectivity index (χ1n) is 30.8. The number of amides is 6. The number of nitrogens with one attached hydrogen (secondary N) is 4. The zero-order valence-electron chi connectivity index (χ0n) is 51.9. The van der Waals surface area contributed by atoms with E-state index in [-0.39, 0.29) is 63.3 Å². The van der Waals surface area contributed by atoms with Gasteiger partial charge in [-0.05, 0) is 113 Å². The first kappa shape index (κ1) is 70.4. The fourth-order valence-electron chi connectivity index (χ4n) is 11.5. The van der Waals surface area contributed by atoms with E-state index in [4.69, 9.17) is 9.47 Å². The van der Waals surface area contributed by atoms with Crippen LogP contribution < -0.4 is 21.3 Å². The number of carbonyl (C=O) groups excluding carboxylic acids is 6. The number of halogens is 3. The average molecular weight is 1320 g/mol. The highest BCUT2D eigenvalue weighted by Gasteiger charge is 2.50. The molecular weight excluding hydrogens is 1240 g/mol. The van der Waals surface area contributed by atoms with Gasteiger partial charge in [-0.25, -0.2) is 13.5 Å². The molecule has 0 bridgehead atoms. The van der Waals surface area contributed by atoms with Crippen LogP contribution in [-0.2, 0) is 80.5 Å². The monoisotopic (exact) mass is 1320 g/mol. The molecule has 2 aromatic carbocycles. The average Bonchev–Trinajstić information content (AvgIpc) is 1.68. The molecule has 3 saturated heterocycles. The van der Waals surface area contributed by atoms with Crippen molar-refractivity contribution in [3.05, 3.63) is 81.1 Å². The van der Waals surface area contributed by atoms with Crippen LogP contribution in [0.25, 0.3) is 0 Å². The van der Waals surface area contributed by atoms with Crippen LogP contribution in [0.1, 0.15) is 120 Å². The maximum atomic E-state index is 14.1. The van der Waals surface area contributed by atoms with E-state index < -0.39 is 83.8 Å². The predicted octanol–water partition coefficient (Wildman–Crippen LogP) is 3.46. The maximum Gasteiger partial charge on any atom is 0.317 e. The van der Waals surface area contributed by atoms with Crippen molar-refractivity contribution in [1.82, 2.24) is 60.8 Å². The number of ether oxygens (including phenoxy) is 2. The number of benzene rings is 2. The van der Waals surface area contributed by atoms with Crippen LogP contribution in [0.15, 0.2) is 53.1 Å². The standard InChI is InChI=1S/C62H86BrF2N13O12/c1-60(2,18-21-68-58(87)50(12-5-6-20-67-52(79)13-7-9-42-14-16-46(63)17-15-42)69-53(80)37-73-22-24-74(38-55(82)83)26-27-75(25-23-73)39-56(84)85)89-28-19-61(3,4)90-40-47-35-77(72-71-47)34-44-11-8-10-43-33-76(36-49(43)44)54(81)30-45-29-51(70-57(45)86)59(88)78-41-62(64,65)31-48(78)32-66/h8,10-11,14-17,35,45,48,50-51H,5-7,9,12-13,18-31,33-34,36-41H2,1-4H3,(H,67,79)(H,68,87)(H,69,80)(H,70,86)(H,82,83)(H,84,85)/t45-,48-,50?,51-/m0/s1. The second-order valence-electron chi connectivity index (χ2n) is 25.1. The summed E-state index contributed by atoms with van der Waals surface area (Å²) in [5, 5.41) is 48.5. The summed E-state index contributed by atoms with van der Waals surface area (Å²) >= 11 is 3.44. The molecule has 4 aliphatic heterocycles. The Kier molecular flexibility index (Phi) is 25.7. The summed E-state index contributed by atoms with van der Waals surface area (Å²) in [6.07, 6.45) is 5.01. The van der Waals surface area contributed by atoms with E-state index in [2.05, 4.69) is 47.5 Å². The Bertz CT molecular complexity index is 3010. The first-order chi connectivity index (χ1) is 42.7. The number of carboxylic acid groups (broad SMARTS) is 2. The molecule has 1 unspecified atom stereocenters. The Morgan fingerprint density at radius 2 is 1.51 bits per heavy atom. The van der Waals surface area contributed by atoms with Crippen LogP contribution in [0.4, 0.5) is 8.78 Å². The molecule has 7 rings (SSSR count). The molecule has 0 saturated carbocycles. The van der Waals surface area contributed by atoms with E-state index in [0.717, 1.165) is 38.0 Å². The van der Waals surface area contributed by atoms with Crippen molar-refractivity contribution >= 4 is 63.3 Å². The van der Waals surface area contributed by atoms with Crippen molar-refractivity contribution in [2.45, 2.75) is 160 Å². The minimum atomic E-state index is -3.20. The van der Waals surface area contributed by atoms with Crippen molar-refractivity contribution in [2.75, 3.05) is 85.1 Å². The molecular formula is C62H86BrF2N13O12. The van der Waals surface area contributed by atoms with Gasteiger partial charge in [0.25, 0.3) is 5.92 Å². The lowest BCUT2D eigenvalue weighted by Gasteiger charge is -2.30. The van der Waals surface area contributed by atoms with E-state index in [9.17, 15) is 62.6 Å². The number of nitrogens with zero attached hydrogens (tertiary/aromatic N) is 9. The van der Waals surface area contributed by atoms with Crippen molar-refractivity contribution in [3.63, 3.8) is 0 Å². The van der Waals surface area contributed by atoms with E-state index >= 15 is 0 Å². The summed E-state index contributed by atoms with van der Waals surface area (Å²) in [7, 11) is 0. The third-order valence-corrected chi connectivity index (χ3v) is 17.3. The van der Waals surface area contributed by atoms with Gasteiger partial charge >= 0.3 is 11.9 Å². The predicted molar refractivity (Wildman–Crippen MR) is 327 cm³/mol. The van der Waals surface area contributed by atoms with Crippen molar-refractivity contribution in [3.8, 4) is 6.07 Å². The third-order valence-electron chi connectivity index (χ3n) is 16.8. The molecule has 4 aliphatic rings. The minimum Gasteiger partial charge on any atom is -0.480 e. The number of fused-ring (bicyclic) bond motifs is 1. The molecule has 5 heterocycles. The number of likely N-dealkylation sites (tertiary alicyclic amines) is 1. The van der Waals surface area contributed by atoms with Crippen LogP contribution >= 0.6 is 15.9 Å². The number of alkyl halides is 2. The van der Waals surface area contributed by atoms with Gasteiger partial charge in [-0.2, -0.15) is 5.26 Å². The number of rotatable bonds is 32. The lowest BCUT2D eigenvalue weighted by atomic mass is 9.99. The van der Waals surface area contributed by atoms with Gasteiger partial charge in [0.15, 0.2) is 0 Å². The number of aryl methyl sites for hydroxylation is 1.